The van der Waals surface area contributed by atoms with Gasteiger partial charge >= 0.3 is 0 Å². The van der Waals surface area contributed by atoms with Gasteiger partial charge in [0.25, 0.3) is 0 Å². The van der Waals surface area contributed by atoms with Crippen molar-refractivity contribution in [2.75, 3.05) is 18.2 Å². The maximum absolute atomic E-state index is 13.6. The molecule has 4 rings (SSSR count). The van der Waals surface area contributed by atoms with Crippen LogP contribution in [0.2, 0.25) is 5.15 Å². The lowest BCUT2D eigenvalue weighted by atomic mass is 10.2. The maximum Gasteiger partial charge on any atom is 0.166 e. The van der Waals surface area contributed by atoms with Crippen LogP contribution in [0.25, 0.3) is 11.2 Å². The van der Waals surface area contributed by atoms with E-state index in [1.165, 1.54) is 23.9 Å². The molecule has 1 atom stereocenters. The second-order valence-electron chi connectivity index (χ2n) is 6.48. The van der Waals surface area contributed by atoms with Crippen molar-refractivity contribution >= 4 is 45.9 Å². The van der Waals surface area contributed by atoms with E-state index in [9.17, 15) is 4.39 Å². The summed E-state index contributed by atoms with van der Waals surface area (Å²) < 4.78 is 21.5. The quantitative estimate of drug-likeness (QED) is 0.445. The molecule has 1 fully saturated rings. The Morgan fingerprint density at radius 2 is 2.11 bits per heavy atom. The molecular formula is C19H20ClFN4OS. The van der Waals surface area contributed by atoms with E-state index in [0.29, 0.717) is 10.8 Å². The third-order valence-electron chi connectivity index (χ3n) is 4.67. The molecule has 3 aromatic rings. The number of thioether (sulfide) groups is 1. The molecule has 0 radical (unpaired) electrons. The Labute approximate surface area is 166 Å². The zero-order valence-electron chi connectivity index (χ0n) is 15.1. The summed E-state index contributed by atoms with van der Waals surface area (Å²) in [6.45, 7) is 2.69. The predicted molar refractivity (Wildman–Crippen MR) is 108 cm³/mol. The number of fused-ring (bicyclic) bond motifs is 1. The standard InChI is InChI=1S/C19H20ClFN4OS/c1-11-22-18-14(23-13-7-6-12(21)9-15(13)27-2)10-16(20)24-19(18)25(11)17-5-3-4-8-26-17/h6-7,9-10,17H,3-5,8H2,1-2H3,(H,23,24). The number of anilines is 2. The molecule has 0 bridgehead atoms. The predicted octanol–water partition coefficient (Wildman–Crippen LogP) is 5.70. The molecule has 1 aliphatic heterocycles. The molecule has 2 aromatic heterocycles. The Bertz CT molecular complexity index is 987. The van der Waals surface area contributed by atoms with Crippen molar-refractivity contribution in [2.45, 2.75) is 37.3 Å². The number of rotatable bonds is 4. The van der Waals surface area contributed by atoms with E-state index < -0.39 is 0 Å². The van der Waals surface area contributed by atoms with Gasteiger partial charge in [-0.15, -0.1) is 11.8 Å². The summed E-state index contributed by atoms with van der Waals surface area (Å²) in [5.41, 5.74) is 2.96. The molecule has 1 aliphatic rings. The van der Waals surface area contributed by atoms with Crippen LogP contribution in [-0.4, -0.2) is 27.4 Å². The van der Waals surface area contributed by atoms with Gasteiger partial charge in [-0.3, -0.25) is 4.57 Å². The number of aromatic nitrogens is 3. The molecule has 1 N–H and O–H groups in total. The Morgan fingerprint density at radius 3 is 2.85 bits per heavy atom. The van der Waals surface area contributed by atoms with Gasteiger partial charge < -0.3 is 10.1 Å². The molecule has 1 aromatic carbocycles. The molecule has 1 unspecified atom stereocenters. The SMILES string of the molecule is CSc1cc(F)ccc1Nc1cc(Cl)nc2c1nc(C)n2C1CCCCO1. The van der Waals surface area contributed by atoms with Gasteiger partial charge in [0.2, 0.25) is 0 Å². The normalized spacial score (nSPS) is 17.4. The molecule has 27 heavy (non-hydrogen) atoms. The number of halogens is 2. The van der Waals surface area contributed by atoms with Gasteiger partial charge in [-0.05, 0) is 50.6 Å². The van der Waals surface area contributed by atoms with Gasteiger partial charge in [0.15, 0.2) is 5.65 Å². The number of ether oxygens (including phenoxy) is 1. The summed E-state index contributed by atoms with van der Waals surface area (Å²) in [7, 11) is 0. The Kier molecular flexibility index (Phi) is 5.25. The first-order valence-corrected chi connectivity index (χ1v) is 10.4. The van der Waals surface area contributed by atoms with E-state index in [-0.39, 0.29) is 12.0 Å². The number of nitrogens with zero attached hydrogens (tertiary/aromatic N) is 3. The highest BCUT2D eigenvalue weighted by Gasteiger charge is 2.23. The summed E-state index contributed by atoms with van der Waals surface area (Å²) in [5.74, 6) is 0.566. The first-order chi connectivity index (χ1) is 13.1. The highest BCUT2D eigenvalue weighted by Crippen LogP contribution is 2.35. The number of aryl methyl sites for hydroxylation is 1. The van der Waals surface area contributed by atoms with E-state index in [4.69, 9.17) is 21.3 Å². The van der Waals surface area contributed by atoms with Crippen molar-refractivity contribution in [3.8, 4) is 0 Å². The second kappa shape index (κ2) is 7.66. The van der Waals surface area contributed by atoms with Gasteiger partial charge in [-0.25, -0.2) is 14.4 Å². The van der Waals surface area contributed by atoms with Gasteiger partial charge in [0.05, 0.1) is 11.4 Å². The molecule has 0 amide bonds. The number of hydrogen-bond acceptors (Lipinski definition) is 5. The summed E-state index contributed by atoms with van der Waals surface area (Å²) in [6, 6.07) is 6.40. The summed E-state index contributed by atoms with van der Waals surface area (Å²) >= 11 is 7.78. The van der Waals surface area contributed by atoms with Crippen molar-refractivity contribution in [3.05, 3.63) is 41.1 Å². The smallest absolute Gasteiger partial charge is 0.166 e. The van der Waals surface area contributed by atoms with Crippen LogP contribution in [0.1, 0.15) is 31.3 Å². The highest BCUT2D eigenvalue weighted by molar-refractivity contribution is 7.98. The maximum atomic E-state index is 13.6. The third kappa shape index (κ3) is 3.63. The summed E-state index contributed by atoms with van der Waals surface area (Å²) in [6.07, 6.45) is 4.95. The topological polar surface area (TPSA) is 52.0 Å². The fraction of sp³-hybridized carbons (Fsp3) is 0.368. The fourth-order valence-corrected chi connectivity index (χ4v) is 4.18. The Hall–Kier alpha value is -1.83. The number of pyridine rings is 1. The van der Waals surface area contributed by atoms with Crippen molar-refractivity contribution in [1.29, 1.82) is 0 Å². The van der Waals surface area contributed by atoms with Gasteiger partial charge in [-0.2, -0.15) is 0 Å². The van der Waals surface area contributed by atoms with Crippen LogP contribution in [0.4, 0.5) is 15.8 Å². The fourth-order valence-electron chi connectivity index (χ4n) is 3.42. The number of imidazole rings is 1. The minimum Gasteiger partial charge on any atom is -0.358 e. The van der Waals surface area contributed by atoms with Gasteiger partial charge in [0.1, 0.15) is 28.5 Å². The zero-order chi connectivity index (χ0) is 19.0. The van der Waals surface area contributed by atoms with Crippen LogP contribution < -0.4 is 5.32 Å². The van der Waals surface area contributed by atoms with E-state index in [1.807, 2.05) is 17.7 Å². The summed E-state index contributed by atoms with van der Waals surface area (Å²) in [5, 5.41) is 3.72. The molecule has 0 aliphatic carbocycles. The van der Waals surface area contributed by atoms with Crippen LogP contribution in [0, 0.1) is 12.7 Å². The van der Waals surface area contributed by atoms with Crippen molar-refractivity contribution in [1.82, 2.24) is 14.5 Å². The molecule has 1 saturated heterocycles. The van der Waals surface area contributed by atoms with Gasteiger partial charge in [-0.1, -0.05) is 11.6 Å². The molecule has 5 nitrogen and oxygen atoms in total. The largest absolute Gasteiger partial charge is 0.358 e. The van der Waals surface area contributed by atoms with Crippen LogP contribution >= 0.6 is 23.4 Å². The average molecular weight is 407 g/mol. The minimum atomic E-state index is -0.266. The Balaban J connectivity index is 1.80. The first-order valence-electron chi connectivity index (χ1n) is 8.84. The van der Waals surface area contributed by atoms with Crippen LogP contribution in [0.5, 0.6) is 0 Å². The number of hydrogen-bond donors (Lipinski definition) is 1. The highest BCUT2D eigenvalue weighted by atomic mass is 35.5. The van der Waals surface area contributed by atoms with Gasteiger partial charge in [0, 0.05) is 17.6 Å². The van der Waals surface area contributed by atoms with E-state index in [0.717, 1.165) is 53.5 Å². The van der Waals surface area contributed by atoms with Crippen LogP contribution in [0.3, 0.4) is 0 Å². The minimum absolute atomic E-state index is 0.0739. The molecule has 0 spiro atoms. The Morgan fingerprint density at radius 1 is 1.26 bits per heavy atom. The number of nitrogens with one attached hydrogen (secondary N) is 1. The van der Waals surface area contributed by atoms with Crippen molar-refractivity contribution < 1.29 is 9.13 Å². The molecule has 0 saturated carbocycles. The second-order valence-corrected chi connectivity index (χ2v) is 7.72. The lowest BCUT2D eigenvalue weighted by molar-refractivity contribution is -0.0309. The molecular weight excluding hydrogens is 387 g/mol. The molecule has 8 heteroatoms. The van der Waals surface area contributed by atoms with Crippen molar-refractivity contribution in [2.24, 2.45) is 0 Å². The first kappa shape index (κ1) is 18.5. The molecule has 3 heterocycles. The van der Waals surface area contributed by atoms with E-state index in [1.54, 1.807) is 12.1 Å². The van der Waals surface area contributed by atoms with E-state index >= 15 is 0 Å². The zero-order valence-corrected chi connectivity index (χ0v) is 16.7. The van der Waals surface area contributed by atoms with Crippen LogP contribution in [0.15, 0.2) is 29.2 Å². The molecule has 142 valence electrons. The van der Waals surface area contributed by atoms with E-state index in [2.05, 4.69) is 10.3 Å². The van der Waals surface area contributed by atoms with Crippen molar-refractivity contribution in [3.63, 3.8) is 0 Å². The lowest BCUT2D eigenvalue weighted by Crippen LogP contribution is -2.19. The average Bonchev–Trinajstić information content (AvgIpc) is 2.99. The third-order valence-corrected chi connectivity index (χ3v) is 5.64. The van der Waals surface area contributed by atoms with Crippen LogP contribution in [-0.2, 0) is 4.74 Å². The monoisotopic (exact) mass is 406 g/mol. The summed E-state index contributed by atoms with van der Waals surface area (Å²) in [4.78, 5) is 10.0. The number of benzene rings is 1. The lowest BCUT2D eigenvalue weighted by Gasteiger charge is -2.25.